The summed E-state index contributed by atoms with van der Waals surface area (Å²) < 4.78 is 50.3. The third-order valence-electron chi connectivity index (χ3n) is 2.37. The summed E-state index contributed by atoms with van der Waals surface area (Å²) in [4.78, 5) is 0. The van der Waals surface area contributed by atoms with Crippen LogP contribution in [0, 0.1) is 0 Å². The number of hydrogen-bond acceptors (Lipinski definition) is 4. The van der Waals surface area contributed by atoms with Crippen molar-refractivity contribution in [3.05, 3.63) is 23.8 Å². The second-order valence-corrected chi connectivity index (χ2v) is 3.99. The van der Waals surface area contributed by atoms with Crippen LogP contribution in [-0.2, 0) is 11.3 Å². The lowest BCUT2D eigenvalue weighted by Gasteiger charge is -2.13. The van der Waals surface area contributed by atoms with E-state index in [1.807, 2.05) is 13.0 Å². The number of benzene rings is 1. The summed E-state index contributed by atoms with van der Waals surface area (Å²) in [6.45, 7) is 1.69. The minimum absolute atomic E-state index is 0.343. The van der Waals surface area contributed by atoms with Gasteiger partial charge < -0.3 is 19.5 Å². The highest BCUT2D eigenvalue weighted by Crippen LogP contribution is 2.28. The summed E-state index contributed by atoms with van der Waals surface area (Å²) in [7, 11) is 1.47. The highest BCUT2D eigenvalue weighted by atomic mass is 19.4. The molecule has 0 aliphatic carbocycles. The molecule has 0 aromatic heterocycles. The van der Waals surface area contributed by atoms with Gasteiger partial charge in [-0.25, -0.2) is 0 Å². The fourth-order valence-corrected chi connectivity index (χ4v) is 1.47. The van der Waals surface area contributed by atoms with E-state index in [4.69, 9.17) is 9.47 Å². The van der Waals surface area contributed by atoms with Gasteiger partial charge in [0.15, 0.2) is 18.3 Å². The first-order valence-corrected chi connectivity index (χ1v) is 6.11. The molecule has 20 heavy (non-hydrogen) atoms. The standard InChI is InChI=1S/C13H18F3NO3/c1-3-17-7-10-4-5-11(12(6-10)18-2)20-9-19-8-13(14,15)16/h4-6,17H,3,7-9H2,1-2H3. The number of hydrogen-bond donors (Lipinski definition) is 1. The van der Waals surface area contributed by atoms with Crippen LogP contribution in [-0.4, -0.2) is 33.2 Å². The van der Waals surface area contributed by atoms with Crippen molar-refractivity contribution in [1.82, 2.24) is 5.32 Å². The largest absolute Gasteiger partial charge is 0.493 e. The number of methoxy groups -OCH3 is 1. The van der Waals surface area contributed by atoms with Crippen LogP contribution in [0.4, 0.5) is 13.2 Å². The Balaban J connectivity index is 2.52. The van der Waals surface area contributed by atoms with Gasteiger partial charge in [-0.15, -0.1) is 0 Å². The van der Waals surface area contributed by atoms with Crippen molar-refractivity contribution in [1.29, 1.82) is 0 Å². The van der Waals surface area contributed by atoms with Crippen LogP contribution in [0.25, 0.3) is 0 Å². The molecule has 1 rings (SSSR count). The summed E-state index contributed by atoms with van der Waals surface area (Å²) in [6.07, 6.45) is -4.36. The molecule has 0 spiro atoms. The zero-order chi connectivity index (χ0) is 15.0. The molecule has 4 nitrogen and oxygen atoms in total. The van der Waals surface area contributed by atoms with Gasteiger partial charge in [0.1, 0.15) is 6.61 Å². The predicted molar refractivity (Wildman–Crippen MR) is 67.9 cm³/mol. The maximum atomic E-state index is 11.9. The molecule has 0 aliphatic rings. The zero-order valence-electron chi connectivity index (χ0n) is 11.4. The van der Waals surface area contributed by atoms with Gasteiger partial charge in [-0.1, -0.05) is 13.0 Å². The van der Waals surface area contributed by atoms with Crippen LogP contribution in [0.1, 0.15) is 12.5 Å². The van der Waals surface area contributed by atoms with Crippen LogP contribution >= 0.6 is 0 Å². The molecular weight excluding hydrogens is 275 g/mol. The SMILES string of the molecule is CCNCc1ccc(OCOCC(F)(F)F)c(OC)c1. The third kappa shape index (κ3) is 6.12. The third-order valence-corrected chi connectivity index (χ3v) is 2.37. The predicted octanol–water partition coefficient (Wildman–Crippen LogP) is 2.72. The normalized spacial score (nSPS) is 11.4. The fraction of sp³-hybridized carbons (Fsp3) is 0.538. The van der Waals surface area contributed by atoms with Crippen molar-refractivity contribution in [2.24, 2.45) is 0 Å². The number of ether oxygens (including phenoxy) is 3. The molecule has 0 aliphatic heterocycles. The molecule has 0 amide bonds. The van der Waals surface area contributed by atoms with Crippen LogP contribution in [0.3, 0.4) is 0 Å². The lowest BCUT2D eigenvalue weighted by atomic mass is 10.2. The van der Waals surface area contributed by atoms with Crippen LogP contribution in [0.2, 0.25) is 0 Å². The average Bonchev–Trinajstić information content (AvgIpc) is 2.40. The molecule has 0 radical (unpaired) electrons. The summed E-state index contributed by atoms with van der Waals surface area (Å²) in [5, 5.41) is 3.16. The topological polar surface area (TPSA) is 39.7 Å². The smallest absolute Gasteiger partial charge is 0.411 e. The molecule has 0 fully saturated rings. The van der Waals surface area contributed by atoms with Crippen molar-refractivity contribution in [2.45, 2.75) is 19.6 Å². The summed E-state index contributed by atoms with van der Waals surface area (Å²) in [5.74, 6) is 0.797. The van der Waals surface area contributed by atoms with E-state index in [-0.39, 0.29) is 0 Å². The summed E-state index contributed by atoms with van der Waals surface area (Å²) in [6, 6.07) is 5.22. The molecule has 0 heterocycles. The molecule has 7 heteroatoms. The first-order valence-electron chi connectivity index (χ1n) is 6.11. The van der Waals surface area contributed by atoms with Crippen LogP contribution < -0.4 is 14.8 Å². The highest BCUT2D eigenvalue weighted by Gasteiger charge is 2.27. The van der Waals surface area contributed by atoms with Gasteiger partial charge in [-0.2, -0.15) is 13.2 Å². The Morgan fingerprint density at radius 1 is 1.20 bits per heavy atom. The Morgan fingerprint density at radius 3 is 2.55 bits per heavy atom. The first-order chi connectivity index (χ1) is 9.46. The van der Waals surface area contributed by atoms with Gasteiger partial charge >= 0.3 is 6.18 Å². The van der Waals surface area contributed by atoms with Gasteiger partial charge in [-0.05, 0) is 24.2 Å². The molecule has 1 aromatic rings. The lowest BCUT2D eigenvalue weighted by molar-refractivity contribution is -0.186. The summed E-state index contributed by atoms with van der Waals surface area (Å²) >= 11 is 0. The van der Waals surface area contributed by atoms with E-state index in [0.29, 0.717) is 18.0 Å². The minimum Gasteiger partial charge on any atom is -0.493 e. The number of alkyl halides is 3. The van der Waals surface area contributed by atoms with Gasteiger partial charge in [0.2, 0.25) is 0 Å². The molecule has 114 valence electrons. The van der Waals surface area contributed by atoms with E-state index in [2.05, 4.69) is 10.1 Å². The second kappa shape index (κ2) is 7.96. The molecule has 0 saturated carbocycles. The van der Waals surface area contributed by atoms with Crippen molar-refractivity contribution >= 4 is 0 Å². The number of halogens is 3. The van der Waals surface area contributed by atoms with Gasteiger partial charge in [0, 0.05) is 6.54 Å². The average molecular weight is 293 g/mol. The Hall–Kier alpha value is -1.47. The van der Waals surface area contributed by atoms with Gasteiger partial charge in [0.05, 0.1) is 7.11 Å². The van der Waals surface area contributed by atoms with Gasteiger partial charge in [0.25, 0.3) is 0 Å². The van der Waals surface area contributed by atoms with Crippen LogP contribution in [0.15, 0.2) is 18.2 Å². The van der Waals surface area contributed by atoms with E-state index in [9.17, 15) is 13.2 Å². The van der Waals surface area contributed by atoms with Crippen molar-refractivity contribution < 1.29 is 27.4 Å². The Labute approximate surface area is 115 Å². The lowest BCUT2D eigenvalue weighted by Crippen LogP contribution is -2.19. The molecule has 0 atom stereocenters. The molecule has 1 N–H and O–H groups in total. The number of nitrogens with one attached hydrogen (secondary N) is 1. The van der Waals surface area contributed by atoms with Crippen molar-refractivity contribution in [2.75, 3.05) is 27.1 Å². The molecule has 0 bridgehead atoms. The first kappa shape index (κ1) is 16.6. The van der Waals surface area contributed by atoms with Crippen molar-refractivity contribution in [3.8, 4) is 11.5 Å². The van der Waals surface area contributed by atoms with E-state index in [0.717, 1.165) is 12.1 Å². The molecule has 0 saturated heterocycles. The maximum Gasteiger partial charge on any atom is 0.411 e. The van der Waals surface area contributed by atoms with E-state index in [1.54, 1.807) is 12.1 Å². The highest BCUT2D eigenvalue weighted by molar-refractivity contribution is 5.42. The van der Waals surface area contributed by atoms with E-state index in [1.165, 1.54) is 7.11 Å². The summed E-state index contributed by atoms with van der Waals surface area (Å²) in [5.41, 5.74) is 0.993. The van der Waals surface area contributed by atoms with E-state index < -0.39 is 19.6 Å². The minimum atomic E-state index is -4.36. The Kier molecular flexibility index (Phi) is 6.60. The zero-order valence-corrected chi connectivity index (χ0v) is 11.4. The Morgan fingerprint density at radius 2 is 1.95 bits per heavy atom. The second-order valence-electron chi connectivity index (χ2n) is 3.99. The van der Waals surface area contributed by atoms with Crippen LogP contribution in [0.5, 0.6) is 11.5 Å². The molecule has 1 aromatic carbocycles. The monoisotopic (exact) mass is 293 g/mol. The van der Waals surface area contributed by atoms with Crippen molar-refractivity contribution in [3.63, 3.8) is 0 Å². The molecular formula is C13H18F3NO3. The quantitative estimate of drug-likeness (QED) is 0.591. The Bertz CT molecular complexity index is 410. The van der Waals surface area contributed by atoms with E-state index >= 15 is 0 Å². The molecule has 0 unspecified atom stereocenters. The van der Waals surface area contributed by atoms with Gasteiger partial charge in [-0.3, -0.25) is 0 Å². The maximum absolute atomic E-state index is 11.9. The number of rotatable bonds is 8. The fourth-order valence-electron chi connectivity index (χ4n) is 1.47.